The van der Waals surface area contributed by atoms with Gasteiger partial charge in [0.15, 0.2) is 11.6 Å². The van der Waals surface area contributed by atoms with Crippen molar-refractivity contribution < 1.29 is 52.2 Å². The van der Waals surface area contributed by atoms with Crippen LogP contribution in [0.2, 0.25) is 5.02 Å². The molecule has 14 rings (SSSR count). The van der Waals surface area contributed by atoms with Crippen molar-refractivity contribution >= 4 is 57.6 Å². The Balaban J connectivity index is 0.000000191. The number of imidazole rings is 2. The van der Waals surface area contributed by atoms with Crippen LogP contribution in [0.5, 0.6) is 0 Å². The third-order valence-electron chi connectivity index (χ3n) is 14.3. The van der Waals surface area contributed by atoms with Gasteiger partial charge in [-0.1, -0.05) is 29.8 Å². The molecule has 0 bridgehead atoms. The standard InChI is InChI=1S/C29H26N10O.C24H21ClN8O.C5H7BN2O2.2CH3.2W/c1-17(2)38-16-34-36-28(38)22-4-3-5-27(35-22)39-15-33-23-10-20(19-8-9-26(30)31-12-19)25(11-21(23)29(39)40)37-13-24(32-14-37)18-6-7-18;1-14(2)32-13-28-30-23(32)18-4-3-5-22(29-18)33-12-27-19-9-17(25)21(8-16(19)24(33)34)31-10-20(26-11-31)15-6-7-15;7-5-2-1-4(3-8-5)6(9)10;;;;/h3-5,8-18H,6-7H2,1-2H3,(H2,30,31);3-5,8-15H,6-7H2,1-2H3;1-3,9-10H,(H2,7,8);2*1H3;;/q;;;2*-1;;. The second-order valence-corrected chi connectivity index (χ2v) is 21.3. The zero-order valence-electron chi connectivity index (χ0n) is 48.7. The molecular formula is C60H60BClN20O4W2-2. The molecule has 2 aliphatic rings. The number of nitrogen functional groups attached to an aromatic ring is 2. The van der Waals surface area contributed by atoms with Crippen LogP contribution >= 0.6 is 11.6 Å². The molecule has 10 heterocycles. The summed E-state index contributed by atoms with van der Waals surface area (Å²) in [7, 11) is -1.46. The van der Waals surface area contributed by atoms with Crippen LogP contribution in [0.3, 0.4) is 0 Å². The van der Waals surface area contributed by atoms with Gasteiger partial charge in [0.2, 0.25) is 0 Å². The molecular weight excluding hydrogens is 1480 g/mol. The van der Waals surface area contributed by atoms with Crippen molar-refractivity contribution in [2.45, 2.75) is 77.3 Å². The normalized spacial score (nSPS) is 12.5. The fourth-order valence-corrected chi connectivity index (χ4v) is 9.74. The molecule has 2 fully saturated rings. The van der Waals surface area contributed by atoms with Gasteiger partial charge >= 0.3 is 7.12 Å². The summed E-state index contributed by atoms with van der Waals surface area (Å²) in [5.74, 6) is 4.00. The largest absolute Gasteiger partial charge is 0.490 e. The van der Waals surface area contributed by atoms with Crippen molar-refractivity contribution in [3.63, 3.8) is 0 Å². The number of anilines is 2. The van der Waals surface area contributed by atoms with Gasteiger partial charge in [-0.25, -0.2) is 39.9 Å². The first-order valence-electron chi connectivity index (χ1n) is 27.0. The number of rotatable bonds is 12. The summed E-state index contributed by atoms with van der Waals surface area (Å²) in [6, 6.07) is 25.2. The zero-order valence-corrected chi connectivity index (χ0v) is 55.3. The first kappa shape index (κ1) is 65.3. The summed E-state index contributed by atoms with van der Waals surface area (Å²) in [6.07, 6.45) is 21.6. The van der Waals surface area contributed by atoms with E-state index in [1.54, 1.807) is 61.8 Å². The van der Waals surface area contributed by atoms with Crippen molar-refractivity contribution in [3.8, 4) is 57.2 Å². The smallest absolute Gasteiger partial charge is 0.423 e. The molecule has 2 aromatic carbocycles. The minimum atomic E-state index is -1.46. The Morgan fingerprint density at radius 2 is 1.05 bits per heavy atom. The van der Waals surface area contributed by atoms with E-state index in [9.17, 15) is 9.59 Å². The van der Waals surface area contributed by atoms with Gasteiger partial charge in [-0.05, 0) is 120 Å². The molecule has 10 aromatic heterocycles. The van der Waals surface area contributed by atoms with Crippen LogP contribution in [0, 0.1) is 14.9 Å². The monoisotopic (exact) mass is 1540 g/mol. The van der Waals surface area contributed by atoms with E-state index in [-0.39, 0.29) is 80.2 Å². The quantitative estimate of drug-likeness (QED) is 0.0667. The summed E-state index contributed by atoms with van der Waals surface area (Å²) in [4.78, 5) is 63.0. The molecule has 2 aliphatic carbocycles. The van der Waals surface area contributed by atoms with Gasteiger partial charge < -0.3 is 54.6 Å². The summed E-state index contributed by atoms with van der Waals surface area (Å²) < 4.78 is 10.6. The Morgan fingerprint density at radius 3 is 1.50 bits per heavy atom. The molecule has 88 heavy (non-hydrogen) atoms. The first-order chi connectivity index (χ1) is 40.6. The van der Waals surface area contributed by atoms with Crippen LogP contribution in [0.15, 0.2) is 157 Å². The SMILES string of the molecule is CC(C)n1cnnc1-c1cccc(-n2cnc3cc(-c4ccc(N)nc4)c(-n4cnc(C5CC5)c4)cc3c2=O)n1.CC(C)n1cnnc1-c1cccc(-n2cnc3cc(Cl)c(-n4cnc(C5CC5)c4)cc3c2=O)n1.Nc1ccc(B(O)O)cn1.[CH3-].[CH3-].[W].[W]. The van der Waals surface area contributed by atoms with Crippen molar-refractivity contribution in [3.05, 3.63) is 200 Å². The minimum Gasteiger partial charge on any atom is -0.423 e. The Labute approximate surface area is 539 Å². The fourth-order valence-electron chi connectivity index (χ4n) is 9.48. The summed E-state index contributed by atoms with van der Waals surface area (Å²) in [5, 5.41) is 35.1. The van der Waals surface area contributed by atoms with Gasteiger partial charge in [-0.2, -0.15) is 0 Å². The van der Waals surface area contributed by atoms with E-state index in [4.69, 9.17) is 38.1 Å². The summed E-state index contributed by atoms with van der Waals surface area (Å²) in [5.41, 5.74) is 18.6. The van der Waals surface area contributed by atoms with E-state index >= 15 is 0 Å². The topological polar surface area (TPSA) is 311 Å². The molecule has 448 valence electrons. The molecule has 2 saturated carbocycles. The van der Waals surface area contributed by atoms with Crippen LogP contribution in [-0.4, -0.2) is 105 Å². The number of aromatic nitrogens is 18. The first-order valence-corrected chi connectivity index (χ1v) is 27.4. The number of nitrogens with zero attached hydrogens (tertiary/aromatic N) is 18. The number of halogens is 1. The second kappa shape index (κ2) is 27.5. The van der Waals surface area contributed by atoms with Gasteiger partial charge in [0.05, 0.1) is 62.2 Å². The molecule has 0 amide bonds. The fraction of sp³-hybridized carbons (Fsp3) is 0.200. The van der Waals surface area contributed by atoms with Gasteiger partial charge in [0, 0.05) is 107 Å². The van der Waals surface area contributed by atoms with Crippen molar-refractivity contribution in [1.82, 2.24) is 87.7 Å². The van der Waals surface area contributed by atoms with Crippen LogP contribution in [-0.2, 0) is 42.1 Å². The molecule has 0 aliphatic heterocycles. The molecule has 28 heteroatoms. The summed E-state index contributed by atoms with van der Waals surface area (Å²) >= 11 is 6.54. The Kier molecular flexibility index (Phi) is 20.4. The number of benzene rings is 2. The van der Waals surface area contributed by atoms with Crippen LogP contribution < -0.4 is 28.0 Å². The third-order valence-corrected chi connectivity index (χ3v) is 14.6. The van der Waals surface area contributed by atoms with Gasteiger partial charge in [0.25, 0.3) is 11.1 Å². The van der Waals surface area contributed by atoms with E-state index in [0.717, 1.165) is 53.9 Å². The maximum atomic E-state index is 13.9. The van der Waals surface area contributed by atoms with E-state index in [1.807, 2.05) is 87.0 Å². The average Bonchev–Trinajstić information content (AvgIpc) is 2.81. The molecule has 0 unspecified atom stereocenters. The van der Waals surface area contributed by atoms with E-state index < -0.39 is 7.12 Å². The number of nitrogens with two attached hydrogens (primary N) is 2. The summed E-state index contributed by atoms with van der Waals surface area (Å²) in [6.45, 7) is 8.19. The molecule has 24 nitrogen and oxygen atoms in total. The predicted molar refractivity (Wildman–Crippen MR) is 331 cm³/mol. The molecule has 0 atom stereocenters. The van der Waals surface area contributed by atoms with Gasteiger partial charge in [-0.15, -0.1) is 20.4 Å². The average molecular weight is 1540 g/mol. The van der Waals surface area contributed by atoms with Gasteiger partial charge in [0.1, 0.15) is 60.0 Å². The number of pyridine rings is 4. The van der Waals surface area contributed by atoms with Crippen LogP contribution in [0.25, 0.3) is 79.0 Å². The maximum absolute atomic E-state index is 13.9. The number of hydrogen-bond acceptors (Lipinski definition) is 18. The number of hydrogen-bond donors (Lipinski definition) is 4. The Morgan fingerprint density at radius 1 is 0.568 bits per heavy atom. The van der Waals surface area contributed by atoms with E-state index in [0.29, 0.717) is 96.1 Å². The molecule has 0 radical (unpaired) electrons. The maximum Gasteiger partial charge on any atom is 0.490 e. The predicted octanol–water partition coefficient (Wildman–Crippen LogP) is 7.90. The van der Waals surface area contributed by atoms with Gasteiger partial charge in [-0.3, -0.25) is 18.7 Å². The Bertz CT molecular complexity index is 4520. The molecule has 0 saturated heterocycles. The Hall–Kier alpha value is -8.73. The van der Waals surface area contributed by atoms with E-state index in [1.165, 1.54) is 40.1 Å². The molecule has 6 N–H and O–H groups in total. The van der Waals surface area contributed by atoms with Crippen LogP contribution in [0.4, 0.5) is 11.6 Å². The zero-order chi connectivity index (χ0) is 58.3. The van der Waals surface area contributed by atoms with Crippen LogP contribution in [0.1, 0.15) is 88.7 Å². The second-order valence-electron chi connectivity index (χ2n) is 20.9. The van der Waals surface area contributed by atoms with Crippen molar-refractivity contribution in [2.75, 3.05) is 11.5 Å². The van der Waals surface area contributed by atoms with Crippen molar-refractivity contribution in [2.24, 2.45) is 0 Å². The van der Waals surface area contributed by atoms with E-state index in [2.05, 4.69) is 69.1 Å². The minimum absolute atomic E-state index is 0. The number of fused-ring (bicyclic) bond motifs is 2. The van der Waals surface area contributed by atoms with Crippen molar-refractivity contribution in [1.29, 1.82) is 0 Å². The third kappa shape index (κ3) is 13.7. The molecule has 12 aromatic rings. The molecule has 0 spiro atoms.